The highest BCUT2D eigenvalue weighted by Crippen LogP contribution is 2.32. The predicted molar refractivity (Wildman–Crippen MR) is 119 cm³/mol. The third-order valence-corrected chi connectivity index (χ3v) is 5.95. The van der Waals surface area contributed by atoms with Crippen molar-refractivity contribution in [2.24, 2.45) is 5.92 Å². The molecule has 1 aliphatic heterocycles. The molecule has 0 radical (unpaired) electrons. The zero-order chi connectivity index (χ0) is 21.7. The number of carbonyl (C=O) groups excluding carboxylic acids is 2. The zero-order valence-corrected chi connectivity index (χ0v) is 18.7. The van der Waals surface area contributed by atoms with E-state index in [-0.39, 0.29) is 23.5 Å². The zero-order valence-electron chi connectivity index (χ0n) is 18.7. The Bertz CT molecular complexity index is 715. The fourth-order valence-corrected chi connectivity index (χ4v) is 4.44. The molecule has 2 N–H and O–H groups in total. The Kier molecular flexibility index (Phi) is 7.23. The Labute approximate surface area is 180 Å². The Morgan fingerprint density at radius 3 is 2.17 bits per heavy atom. The van der Waals surface area contributed by atoms with E-state index in [1.54, 1.807) is 7.11 Å². The van der Waals surface area contributed by atoms with Crippen LogP contribution in [0.15, 0.2) is 24.3 Å². The van der Waals surface area contributed by atoms with Gasteiger partial charge in [-0.15, -0.1) is 0 Å². The Balaban J connectivity index is 1.64. The monoisotopic (exact) mass is 416 g/mol. The van der Waals surface area contributed by atoms with Crippen molar-refractivity contribution in [3.05, 3.63) is 24.3 Å². The molecule has 0 spiro atoms. The molecule has 1 heterocycles. The molecule has 1 saturated carbocycles. The molecule has 0 unspecified atom stereocenters. The molecule has 1 aromatic rings. The summed E-state index contributed by atoms with van der Waals surface area (Å²) < 4.78 is 5.20. The van der Waals surface area contributed by atoms with Gasteiger partial charge in [0, 0.05) is 37.4 Å². The van der Waals surface area contributed by atoms with Crippen LogP contribution in [-0.2, 0) is 4.79 Å². The van der Waals surface area contributed by atoms with Crippen LogP contribution in [0.25, 0.3) is 0 Å². The number of rotatable bonds is 5. The summed E-state index contributed by atoms with van der Waals surface area (Å²) in [5, 5.41) is 6.14. The number of hydrogen-bond donors (Lipinski definition) is 2. The second-order valence-electron chi connectivity index (χ2n) is 9.41. The molecular formula is C23H36N4O3. The van der Waals surface area contributed by atoms with E-state index in [9.17, 15) is 9.59 Å². The summed E-state index contributed by atoms with van der Waals surface area (Å²) in [5.74, 6) is 1.20. The van der Waals surface area contributed by atoms with E-state index in [1.165, 1.54) is 12.8 Å². The van der Waals surface area contributed by atoms with E-state index in [2.05, 4.69) is 15.5 Å². The highest BCUT2D eigenvalue weighted by molar-refractivity contribution is 5.95. The lowest BCUT2D eigenvalue weighted by atomic mass is 9.95. The van der Waals surface area contributed by atoms with Crippen molar-refractivity contribution in [2.75, 3.05) is 38.6 Å². The third kappa shape index (κ3) is 5.88. The molecule has 2 aliphatic rings. The Hall–Kier alpha value is -2.28. The first kappa shape index (κ1) is 22.4. The van der Waals surface area contributed by atoms with Crippen molar-refractivity contribution in [2.45, 2.75) is 58.0 Å². The lowest BCUT2D eigenvalue weighted by Gasteiger charge is -2.41. The van der Waals surface area contributed by atoms with Crippen LogP contribution in [0.4, 0.5) is 10.5 Å². The van der Waals surface area contributed by atoms with Crippen molar-refractivity contribution in [3.8, 4) is 5.75 Å². The summed E-state index contributed by atoms with van der Waals surface area (Å²) in [6.45, 7) is 8.67. The second kappa shape index (κ2) is 9.69. The number of carbonyl (C=O) groups is 2. The van der Waals surface area contributed by atoms with Gasteiger partial charge in [0.05, 0.1) is 13.2 Å². The van der Waals surface area contributed by atoms with Gasteiger partial charge in [0.25, 0.3) is 0 Å². The summed E-state index contributed by atoms with van der Waals surface area (Å²) in [5.41, 5.74) is 0.533. The molecule has 0 aromatic heterocycles. The Morgan fingerprint density at radius 1 is 1.03 bits per heavy atom. The third-order valence-electron chi connectivity index (χ3n) is 5.95. The molecular weight excluding hydrogens is 380 g/mol. The van der Waals surface area contributed by atoms with Crippen LogP contribution < -0.4 is 15.4 Å². The second-order valence-corrected chi connectivity index (χ2v) is 9.41. The van der Waals surface area contributed by atoms with E-state index < -0.39 is 0 Å². The van der Waals surface area contributed by atoms with Gasteiger partial charge in [-0.25, -0.2) is 4.79 Å². The summed E-state index contributed by atoms with van der Waals surface area (Å²) in [4.78, 5) is 29.9. The van der Waals surface area contributed by atoms with E-state index in [0.29, 0.717) is 19.0 Å². The first-order valence-electron chi connectivity index (χ1n) is 11.0. The van der Waals surface area contributed by atoms with E-state index in [1.807, 2.05) is 49.9 Å². The number of hydrogen-bond acceptors (Lipinski definition) is 4. The molecule has 166 valence electrons. The number of methoxy groups -OCH3 is 1. The highest BCUT2D eigenvalue weighted by atomic mass is 16.5. The number of ether oxygens (including phenoxy) is 1. The SMILES string of the molecule is COc1ccc(NC(=O)[C@@H](C2CCCC2)N2CCN(C(=O)NC(C)(C)C)CC2)cc1. The molecule has 1 atom stereocenters. The molecule has 3 amide bonds. The topological polar surface area (TPSA) is 73.9 Å². The van der Waals surface area contributed by atoms with Crippen LogP contribution in [0.2, 0.25) is 0 Å². The van der Waals surface area contributed by atoms with Gasteiger partial charge in [0.15, 0.2) is 0 Å². The number of benzene rings is 1. The van der Waals surface area contributed by atoms with Crippen molar-refractivity contribution in [3.63, 3.8) is 0 Å². The van der Waals surface area contributed by atoms with Gasteiger partial charge in [-0.1, -0.05) is 12.8 Å². The van der Waals surface area contributed by atoms with Crippen molar-refractivity contribution >= 4 is 17.6 Å². The average Bonchev–Trinajstić information content (AvgIpc) is 3.22. The van der Waals surface area contributed by atoms with Gasteiger partial charge in [-0.2, -0.15) is 0 Å². The van der Waals surface area contributed by atoms with Crippen molar-refractivity contribution < 1.29 is 14.3 Å². The van der Waals surface area contributed by atoms with Gasteiger partial charge in [0.1, 0.15) is 5.75 Å². The van der Waals surface area contributed by atoms with Crippen LogP contribution in [0.5, 0.6) is 5.75 Å². The molecule has 1 saturated heterocycles. The number of piperazine rings is 1. The minimum atomic E-state index is -0.251. The molecule has 3 rings (SSSR count). The van der Waals surface area contributed by atoms with Gasteiger partial charge >= 0.3 is 6.03 Å². The van der Waals surface area contributed by atoms with Crippen LogP contribution in [-0.4, -0.2) is 66.6 Å². The number of amides is 3. The maximum Gasteiger partial charge on any atom is 0.317 e. The molecule has 1 aromatic carbocycles. The van der Waals surface area contributed by atoms with Crippen LogP contribution in [0, 0.1) is 5.92 Å². The maximum absolute atomic E-state index is 13.3. The fourth-order valence-electron chi connectivity index (χ4n) is 4.44. The molecule has 0 bridgehead atoms. The average molecular weight is 417 g/mol. The first-order valence-corrected chi connectivity index (χ1v) is 11.0. The van der Waals surface area contributed by atoms with Crippen LogP contribution in [0.1, 0.15) is 46.5 Å². The quantitative estimate of drug-likeness (QED) is 0.772. The number of anilines is 1. The van der Waals surface area contributed by atoms with Gasteiger partial charge < -0.3 is 20.3 Å². The maximum atomic E-state index is 13.3. The van der Waals surface area contributed by atoms with E-state index in [4.69, 9.17) is 4.74 Å². The smallest absolute Gasteiger partial charge is 0.317 e. The van der Waals surface area contributed by atoms with Gasteiger partial charge in [-0.3, -0.25) is 9.69 Å². The molecule has 1 aliphatic carbocycles. The number of nitrogens with one attached hydrogen (secondary N) is 2. The number of nitrogens with zero attached hydrogens (tertiary/aromatic N) is 2. The summed E-state index contributed by atoms with van der Waals surface area (Å²) in [6, 6.07) is 7.28. The fraction of sp³-hybridized carbons (Fsp3) is 0.652. The van der Waals surface area contributed by atoms with Crippen LogP contribution >= 0.6 is 0 Å². The summed E-state index contributed by atoms with van der Waals surface area (Å²) in [7, 11) is 1.63. The molecule has 30 heavy (non-hydrogen) atoms. The van der Waals surface area contributed by atoms with Gasteiger partial charge in [-0.05, 0) is 63.8 Å². The van der Waals surface area contributed by atoms with Crippen molar-refractivity contribution in [1.29, 1.82) is 0 Å². The summed E-state index contributed by atoms with van der Waals surface area (Å²) in [6.07, 6.45) is 4.55. The standard InChI is InChI=1S/C23H36N4O3/c1-23(2,3)25-22(29)27-15-13-26(14-16-27)20(17-7-5-6-8-17)21(28)24-18-9-11-19(30-4)12-10-18/h9-12,17,20H,5-8,13-16H2,1-4H3,(H,24,28)(H,25,29)/t20-/m1/s1. The molecule has 2 fully saturated rings. The van der Waals surface area contributed by atoms with E-state index >= 15 is 0 Å². The summed E-state index contributed by atoms with van der Waals surface area (Å²) >= 11 is 0. The highest BCUT2D eigenvalue weighted by Gasteiger charge is 2.37. The van der Waals surface area contributed by atoms with E-state index in [0.717, 1.165) is 37.4 Å². The normalized spacial score (nSPS) is 19.4. The van der Waals surface area contributed by atoms with Gasteiger partial charge in [0.2, 0.25) is 5.91 Å². The lowest BCUT2D eigenvalue weighted by molar-refractivity contribution is -0.123. The Morgan fingerprint density at radius 2 is 1.63 bits per heavy atom. The lowest BCUT2D eigenvalue weighted by Crippen LogP contribution is -2.59. The largest absolute Gasteiger partial charge is 0.497 e. The number of urea groups is 1. The minimum absolute atomic E-state index is 0.0257. The molecule has 7 nitrogen and oxygen atoms in total. The first-order chi connectivity index (χ1) is 14.3. The predicted octanol–water partition coefficient (Wildman–Crippen LogP) is 3.32. The minimum Gasteiger partial charge on any atom is -0.497 e. The van der Waals surface area contributed by atoms with Crippen molar-refractivity contribution in [1.82, 2.24) is 15.1 Å². The van der Waals surface area contributed by atoms with Crippen LogP contribution in [0.3, 0.4) is 0 Å². The molecule has 7 heteroatoms.